The third-order valence-corrected chi connectivity index (χ3v) is 9.02. The molecule has 0 saturated heterocycles. The predicted molar refractivity (Wildman–Crippen MR) is 180 cm³/mol. The number of ether oxygens (including phenoxy) is 2. The summed E-state index contributed by atoms with van der Waals surface area (Å²) in [5.41, 5.74) is 2.44. The van der Waals surface area contributed by atoms with E-state index in [9.17, 15) is 18.6 Å². The van der Waals surface area contributed by atoms with Crippen molar-refractivity contribution in [2.45, 2.75) is 62.2 Å². The number of hydrogen-bond acceptors (Lipinski definition) is 8. The molecule has 0 spiro atoms. The van der Waals surface area contributed by atoms with Crippen molar-refractivity contribution in [1.82, 2.24) is 0 Å². The molecule has 2 N–H and O–H groups in total. The Morgan fingerprint density at radius 1 is 0.622 bits per heavy atom. The van der Waals surface area contributed by atoms with Gasteiger partial charge in [-0.05, 0) is 71.5 Å². The Hall–Kier alpha value is -4.63. The number of aliphatic imine (C=N–C) groups is 2. The first-order chi connectivity index (χ1) is 21.0. The molecule has 4 aromatic rings. The largest absolute Gasteiger partial charge is 0.507 e. The molecule has 45 heavy (non-hydrogen) atoms. The summed E-state index contributed by atoms with van der Waals surface area (Å²) in [6.07, 6.45) is 2.99. The number of sulfone groups is 1. The van der Waals surface area contributed by atoms with Gasteiger partial charge in [0.05, 0.1) is 35.4 Å². The van der Waals surface area contributed by atoms with Gasteiger partial charge in [-0.3, -0.25) is 9.98 Å². The number of hydrogen-bond donors (Lipinski definition) is 2. The standard InChI is InChI=1S/C36H40N2O6S/c1-35(2,3)31-19-27(43-7)15-23(33(31)39)21-37-25-11-9-13-29(17-25)45(41,42)30-14-10-12-26(18-30)38-22-24-16-28(44-8)20-32(34(24)40)36(4,5)6/h9-22,39-40H,1-8H3. The number of benzene rings is 4. The van der Waals surface area contributed by atoms with Crippen LogP contribution in [0.4, 0.5) is 11.4 Å². The molecule has 0 radical (unpaired) electrons. The fourth-order valence-corrected chi connectivity index (χ4v) is 6.06. The molecule has 0 aliphatic carbocycles. The van der Waals surface area contributed by atoms with Gasteiger partial charge in [-0.1, -0.05) is 53.7 Å². The summed E-state index contributed by atoms with van der Waals surface area (Å²) in [4.78, 5) is 9.06. The van der Waals surface area contributed by atoms with Crippen molar-refractivity contribution >= 4 is 33.6 Å². The molecule has 236 valence electrons. The number of aromatic hydroxyl groups is 2. The lowest BCUT2D eigenvalue weighted by Gasteiger charge is -2.22. The highest BCUT2D eigenvalue weighted by Crippen LogP contribution is 2.38. The van der Waals surface area contributed by atoms with Crippen molar-refractivity contribution in [3.05, 3.63) is 95.1 Å². The molecular weight excluding hydrogens is 588 g/mol. The fourth-order valence-electron chi connectivity index (χ4n) is 4.72. The molecular formula is C36H40N2O6S. The monoisotopic (exact) mass is 628 g/mol. The highest BCUT2D eigenvalue weighted by molar-refractivity contribution is 7.91. The molecule has 0 aliphatic rings. The molecule has 0 unspecified atom stereocenters. The van der Waals surface area contributed by atoms with E-state index in [1.807, 2.05) is 41.5 Å². The molecule has 9 heteroatoms. The van der Waals surface area contributed by atoms with Crippen LogP contribution in [-0.2, 0) is 20.7 Å². The van der Waals surface area contributed by atoms with Gasteiger partial charge < -0.3 is 19.7 Å². The number of phenolic OH excluding ortho intramolecular Hbond substituents is 2. The molecule has 0 atom stereocenters. The maximum Gasteiger partial charge on any atom is 0.206 e. The maximum absolute atomic E-state index is 13.7. The Balaban J connectivity index is 1.65. The zero-order valence-corrected chi connectivity index (χ0v) is 27.7. The number of phenols is 2. The zero-order chi connectivity index (χ0) is 33.2. The fraction of sp³-hybridized carbons (Fsp3) is 0.278. The quantitative estimate of drug-likeness (QED) is 0.191. The minimum atomic E-state index is -3.93. The van der Waals surface area contributed by atoms with Crippen LogP contribution < -0.4 is 9.47 Å². The average molecular weight is 629 g/mol. The lowest BCUT2D eigenvalue weighted by atomic mass is 9.85. The maximum atomic E-state index is 13.7. The molecule has 0 aromatic heterocycles. The SMILES string of the molecule is COc1cc(C=Nc2cccc(S(=O)(=O)c3cccc(N=Cc4cc(OC)cc(C(C)(C)C)c4O)c3)c2)c(O)c(C(C)(C)C)c1. The Kier molecular flexibility index (Phi) is 9.44. The van der Waals surface area contributed by atoms with Crippen LogP contribution in [0.15, 0.2) is 92.6 Å². The first-order valence-electron chi connectivity index (χ1n) is 14.4. The first kappa shape index (κ1) is 33.3. The summed E-state index contributed by atoms with van der Waals surface area (Å²) in [6.45, 7) is 11.9. The zero-order valence-electron chi connectivity index (χ0n) is 26.9. The number of nitrogens with zero attached hydrogens (tertiary/aromatic N) is 2. The summed E-state index contributed by atoms with van der Waals surface area (Å²) in [7, 11) is -0.815. The van der Waals surface area contributed by atoms with Gasteiger partial charge >= 0.3 is 0 Å². The van der Waals surface area contributed by atoms with Crippen molar-refractivity contribution in [3.63, 3.8) is 0 Å². The van der Waals surface area contributed by atoms with Gasteiger partial charge in [0, 0.05) is 34.7 Å². The van der Waals surface area contributed by atoms with Crippen LogP contribution >= 0.6 is 0 Å². The minimum Gasteiger partial charge on any atom is -0.507 e. The van der Waals surface area contributed by atoms with Crippen LogP contribution in [0.1, 0.15) is 63.8 Å². The lowest BCUT2D eigenvalue weighted by Crippen LogP contribution is -2.12. The predicted octanol–water partition coefficient (Wildman–Crippen LogP) is 8.04. The molecule has 0 fully saturated rings. The Labute approximate surface area is 265 Å². The van der Waals surface area contributed by atoms with Crippen molar-refractivity contribution in [3.8, 4) is 23.0 Å². The van der Waals surface area contributed by atoms with Crippen LogP contribution in [0, 0.1) is 0 Å². The van der Waals surface area contributed by atoms with Gasteiger partial charge in [0.15, 0.2) is 0 Å². The summed E-state index contributed by atoms with van der Waals surface area (Å²) >= 11 is 0. The van der Waals surface area contributed by atoms with Gasteiger partial charge in [0.2, 0.25) is 9.84 Å². The first-order valence-corrected chi connectivity index (χ1v) is 15.9. The number of rotatable bonds is 8. The van der Waals surface area contributed by atoms with Gasteiger partial charge in [0.25, 0.3) is 0 Å². The molecule has 0 aliphatic heterocycles. The normalized spacial score (nSPS) is 12.6. The second-order valence-corrected chi connectivity index (χ2v) is 14.7. The molecule has 0 amide bonds. The van der Waals surface area contributed by atoms with E-state index >= 15 is 0 Å². The summed E-state index contributed by atoms with van der Waals surface area (Å²) in [5, 5.41) is 21.8. The second-order valence-electron chi connectivity index (χ2n) is 12.7. The topological polar surface area (TPSA) is 118 Å². The Morgan fingerprint density at radius 2 is 1.00 bits per heavy atom. The summed E-state index contributed by atoms with van der Waals surface area (Å²) in [6, 6.07) is 19.5. The average Bonchev–Trinajstić information content (AvgIpc) is 2.99. The Morgan fingerprint density at radius 3 is 1.33 bits per heavy atom. The summed E-state index contributed by atoms with van der Waals surface area (Å²) < 4.78 is 38.1. The van der Waals surface area contributed by atoms with E-state index in [0.717, 1.165) is 0 Å². The molecule has 0 saturated carbocycles. The van der Waals surface area contributed by atoms with E-state index in [4.69, 9.17) is 9.47 Å². The van der Waals surface area contributed by atoms with E-state index in [0.29, 0.717) is 45.1 Å². The van der Waals surface area contributed by atoms with Crippen LogP contribution in [0.5, 0.6) is 23.0 Å². The lowest BCUT2D eigenvalue weighted by molar-refractivity contribution is 0.405. The minimum absolute atomic E-state index is 0.0591. The second kappa shape index (κ2) is 12.8. The van der Waals surface area contributed by atoms with Crippen LogP contribution in [0.2, 0.25) is 0 Å². The van der Waals surface area contributed by atoms with E-state index in [1.54, 1.807) is 62.8 Å². The van der Waals surface area contributed by atoms with Gasteiger partial charge in [0.1, 0.15) is 23.0 Å². The molecule has 4 rings (SSSR count). The van der Waals surface area contributed by atoms with E-state index < -0.39 is 9.84 Å². The molecule has 4 aromatic carbocycles. The van der Waals surface area contributed by atoms with Crippen molar-refractivity contribution in [2.24, 2.45) is 9.98 Å². The highest BCUT2D eigenvalue weighted by atomic mass is 32.2. The van der Waals surface area contributed by atoms with Crippen molar-refractivity contribution < 1.29 is 28.1 Å². The van der Waals surface area contributed by atoms with Crippen LogP contribution in [0.3, 0.4) is 0 Å². The molecule has 0 bridgehead atoms. The van der Waals surface area contributed by atoms with E-state index in [-0.39, 0.29) is 32.1 Å². The van der Waals surface area contributed by atoms with Crippen LogP contribution in [-0.4, -0.2) is 45.3 Å². The van der Waals surface area contributed by atoms with E-state index in [2.05, 4.69) is 9.98 Å². The number of methoxy groups -OCH3 is 2. The summed E-state index contributed by atoms with van der Waals surface area (Å²) in [5.74, 6) is 1.33. The third kappa shape index (κ3) is 7.54. The van der Waals surface area contributed by atoms with Crippen molar-refractivity contribution in [1.29, 1.82) is 0 Å². The third-order valence-electron chi connectivity index (χ3n) is 7.27. The van der Waals surface area contributed by atoms with Gasteiger partial charge in [-0.15, -0.1) is 0 Å². The molecule has 8 nitrogen and oxygen atoms in total. The van der Waals surface area contributed by atoms with Gasteiger partial charge in [-0.2, -0.15) is 0 Å². The highest BCUT2D eigenvalue weighted by Gasteiger charge is 2.23. The Bertz CT molecular complexity index is 1750. The van der Waals surface area contributed by atoms with E-state index in [1.165, 1.54) is 36.7 Å². The van der Waals surface area contributed by atoms with Crippen LogP contribution in [0.25, 0.3) is 0 Å². The van der Waals surface area contributed by atoms with Crippen molar-refractivity contribution in [2.75, 3.05) is 14.2 Å². The smallest absolute Gasteiger partial charge is 0.206 e. The molecule has 0 heterocycles. The van der Waals surface area contributed by atoms with Gasteiger partial charge in [-0.25, -0.2) is 8.42 Å².